The molecule has 0 bridgehead atoms. The third-order valence-electron chi connectivity index (χ3n) is 7.89. The van der Waals surface area contributed by atoms with Crippen molar-refractivity contribution in [2.24, 2.45) is 0 Å². The van der Waals surface area contributed by atoms with Crippen LogP contribution >= 0.6 is 0 Å². The monoisotopic (exact) mass is 558 g/mol. The van der Waals surface area contributed by atoms with Crippen LogP contribution in [0.2, 0.25) is 0 Å². The first-order valence-corrected chi connectivity index (χ1v) is 12.9. The Morgan fingerprint density at radius 2 is 0.905 bits per heavy atom. The van der Waals surface area contributed by atoms with Gasteiger partial charge in [0, 0.05) is 16.2 Å². The van der Waals surface area contributed by atoms with E-state index < -0.39 is 204 Å². The number of rotatable bonds is 2. The van der Waals surface area contributed by atoms with Gasteiger partial charge >= 0.3 is 0 Å². The van der Waals surface area contributed by atoms with Gasteiger partial charge in [-0.1, -0.05) is 135 Å². The molecule has 0 spiro atoms. The lowest BCUT2D eigenvalue weighted by atomic mass is 9.80. The quantitative estimate of drug-likeness (QED) is 0.192. The van der Waals surface area contributed by atoms with Crippen LogP contribution in [0.5, 0.6) is 0 Å². The van der Waals surface area contributed by atoms with Gasteiger partial charge in [0.05, 0.1) is 30.2 Å². The second kappa shape index (κ2) is 8.44. The predicted molar refractivity (Wildman–Crippen MR) is 177 cm³/mol. The van der Waals surface area contributed by atoms with Crippen molar-refractivity contribution in [3.8, 4) is 33.4 Å². The topological polar surface area (TPSA) is 13.1 Å². The minimum absolute atomic E-state index is 0.0293. The van der Waals surface area contributed by atoms with Gasteiger partial charge in [0.1, 0.15) is 11.2 Å². The molecule has 198 valence electrons. The summed E-state index contributed by atoms with van der Waals surface area (Å²) in [5.41, 5.74) is -5.17. The number of benzene rings is 7. The van der Waals surface area contributed by atoms with Gasteiger partial charge < -0.3 is 4.42 Å². The van der Waals surface area contributed by atoms with Crippen molar-refractivity contribution in [1.82, 2.24) is 0 Å². The Morgan fingerprint density at radius 3 is 1.62 bits per heavy atom. The van der Waals surface area contributed by atoms with Crippen molar-refractivity contribution >= 4 is 43.5 Å². The Kier molecular flexibility index (Phi) is 2.13. The Bertz CT molecular complexity index is 3520. The van der Waals surface area contributed by atoms with Gasteiger partial charge in [-0.3, -0.25) is 0 Å². The molecule has 0 saturated heterocycles. The molecule has 9 rings (SSSR count). The molecule has 0 saturated carbocycles. The summed E-state index contributed by atoms with van der Waals surface area (Å²) in [6, 6.07) is -17.0. The Labute approximate surface area is 275 Å². The van der Waals surface area contributed by atoms with E-state index in [0.717, 1.165) is 0 Å². The molecule has 1 aromatic heterocycles. The Balaban J connectivity index is 1.70. The van der Waals surface area contributed by atoms with E-state index in [0.29, 0.717) is 0 Å². The molecular weight excluding hydrogens is 508 g/mol. The lowest BCUT2D eigenvalue weighted by Crippen LogP contribution is -2.14. The first-order valence-electron chi connectivity index (χ1n) is 23.9. The van der Waals surface area contributed by atoms with Gasteiger partial charge in [0.2, 0.25) is 0 Å². The molecule has 0 aliphatic heterocycles. The summed E-state index contributed by atoms with van der Waals surface area (Å²) in [4.78, 5) is 0. The largest absolute Gasteiger partial charge is 0.456 e. The molecule has 42 heavy (non-hydrogen) atoms. The van der Waals surface area contributed by atoms with E-state index >= 15 is 0 Å². The van der Waals surface area contributed by atoms with Gasteiger partial charge in [-0.05, 0) is 78.1 Å². The lowest BCUT2D eigenvalue weighted by molar-refractivity contribution is 0.660. The van der Waals surface area contributed by atoms with Gasteiger partial charge in [-0.25, -0.2) is 0 Å². The lowest BCUT2D eigenvalue weighted by Gasteiger charge is -2.22. The van der Waals surface area contributed by atoms with E-state index in [2.05, 4.69) is 0 Å². The highest BCUT2D eigenvalue weighted by Crippen LogP contribution is 2.54. The summed E-state index contributed by atoms with van der Waals surface area (Å²) in [6.45, 7) is 3.08. The molecular formula is C41H28O. The maximum Gasteiger partial charge on any atom is 0.136 e. The third-order valence-corrected chi connectivity index (χ3v) is 7.89. The summed E-state index contributed by atoms with van der Waals surface area (Å²) in [5.74, 6) is 0. The normalized spacial score (nSPS) is 21.0. The number of para-hydroxylation sites is 1. The maximum absolute atomic E-state index is 9.54. The van der Waals surface area contributed by atoms with Crippen LogP contribution in [0, 0.1) is 0 Å². The zero-order valence-corrected chi connectivity index (χ0v) is 21.9. The fraction of sp³-hybridized carbons (Fsp3) is 0.0732. The second-order valence-electron chi connectivity index (χ2n) is 10.4. The van der Waals surface area contributed by atoms with Crippen LogP contribution in [0.1, 0.15) is 55.1 Å². The van der Waals surface area contributed by atoms with Gasteiger partial charge in [-0.2, -0.15) is 0 Å². The van der Waals surface area contributed by atoms with Crippen LogP contribution in [0.3, 0.4) is 0 Å². The van der Waals surface area contributed by atoms with Crippen LogP contribution in [0.15, 0.2) is 137 Å². The molecule has 0 amide bonds. The number of furan rings is 1. The smallest absolute Gasteiger partial charge is 0.136 e. The van der Waals surface area contributed by atoms with Crippen LogP contribution < -0.4 is 0 Å². The van der Waals surface area contributed by atoms with Crippen LogP contribution in [0.25, 0.3) is 76.9 Å². The van der Waals surface area contributed by atoms with Gasteiger partial charge in [0.15, 0.2) is 0 Å². The maximum atomic E-state index is 9.54. The SMILES string of the molecule is [2H]c1c([2H])c([2H])c2c(c1[2H])-c1c(-c3c4c([2H])c([2H])c([2H])c([2H])c4c(-c4c([2H])c([2H])c([2H])c5oc6c([2H])c([2H])c([2H])c([2H])c6c45)c4c([2H])c([2H])c([2H])c([2H])c34)c([2H])c([2H])c([2H])c1C2(C)C. The zero-order chi connectivity index (χ0) is 47.1. The first-order chi connectivity index (χ1) is 29.8. The molecule has 0 unspecified atom stereocenters. The molecule has 1 heterocycles. The highest BCUT2D eigenvalue weighted by atomic mass is 16.3. The van der Waals surface area contributed by atoms with Gasteiger partial charge in [0.25, 0.3) is 0 Å². The second-order valence-corrected chi connectivity index (χ2v) is 10.4. The molecule has 1 aliphatic rings. The van der Waals surface area contributed by atoms with Crippen molar-refractivity contribution in [2.75, 3.05) is 0 Å². The molecule has 1 aliphatic carbocycles. The summed E-state index contributed by atoms with van der Waals surface area (Å²) in [6.07, 6.45) is 0. The summed E-state index contributed by atoms with van der Waals surface area (Å²) < 4.78 is 204. The third kappa shape index (κ3) is 3.03. The predicted octanol–water partition coefficient (Wildman–Crippen LogP) is 11.5. The number of fused-ring (bicyclic) bond motifs is 8. The van der Waals surface area contributed by atoms with E-state index in [1.165, 1.54) is 0 Å². The average Bonchev–Trinajstić information content (AvgIpc) is 3.77. The van der Waals surface area contributed by atoms with Crippen molar-refractivity contribution < 1.29 is 34.6 Å². The van der Waals surface area contributed by atoms with E-state index in [1.54, 1.807) is 13.8 Å². The molecule has 0 N–H and O–H groups in total. The Hall–Kier alpha value is -5.14. The fourth-order valence-electron chi connectivity index (χ4n) is 6.08. The molecule has 8 aromatic rings. The molecule has 0 radical (unpaired) electrons. The van der Waals surface area contributed by atoms with Crippen LogP contribution in [-0.4, -0.2) is 0 Å². The fourth-order valence-corrected chi connectivity index (χ4v) is 6.08. The first kappa shape index (κ1) is 10.6. The summed E-state index contributed by atoms with van der Waals surface area (Å²) in [7, 11) is 0. The molecule has 0 atom stereocenters. The van der Waals surface area contributed by atoms with Crippen molar-refractivity contribution in [3.05, 3.63) is 144 Å². The minimum Gasteiger partial charge on any atom is -0.456 e. The highest BCUT2D eigenvalue weighted by molar-refractivity contribution is 6.26. The van der Waals surface area contributed by atoms with Crippen LogP contribution in [-0.2, 0) is 5.41 Å². The molecule has 0 fully saturated rings. The number of hydrogen-bond acceptors (Lipinski definition) is 1. The minimum atomic E-state index is -1.49. The van der Waals surface area contributed by atoms with Crippen molar-refractivity contribution in [3.63, 3.8) is 0 Å². The van der Waals surface area contributed by atoms with Crippen molar-refractivity contribution in [1.29, 1.82) is 0 Å². The zero-order valence-electron chi connectivity index (χ0n) is 43.9. The summed E-state index contributed by atoms with van der Waals surface area (Å²) >= 11 is 0. The number of hydrogen-bond donors (Lipinski definition) is 0. The summed E-state index contributed by atoms with van der Waals surface area (Å²) in [5, 5.41) is -3.12. The van der Waals surface area contributed by atoms with E-state index in [-0.39, 0.29) is 22.3 Å². The van der Waals surface area contributed by atoms with E-state index in [9.17, 15) is 9.60 Å². The van der Waals surface area contributed by atoms with Crippen LogP contribution in [0.4, 0.5) is 0 Å². The average molecular weight is 559 g/mol. The molecule has 1 heteroatoms. The molecule has 1 nitrogen and oxygen atoms in total. The standard InChI is InChI=1S/C41H28O/c1-41(2)33-21-9-7-17-29(33)39-31(19-11-22-34(39)41)37-25-13-3-5-15-27(25)38(28-16-6-4-14-26(28)37)32-20-12-24-36-40(32)30-18-8-10-23-35(30)42-36/h3-24H,1-2H3/i3D,4D,5D,6D,7D,8D,9D,10D,11D,12D,13D,14D,15D,16D,17D,18D,19D,20D,21D,22D,23D,24D. The molecule has 7 aromatic carbocycles. The van der Waals surface area contributed by atoms with E-state index in [1.807, 2.05) is 0 Å². The highest BCUT2D eigenvalue weighted by Gasteiger charge is 2.37. The van der Waals surface area contributed by atoms with Crippen molar-refractivity contribution in [2.45, 2.75) is 19.3 Å². The van der Waals surface area contributed by atoms with E-state index in [4.69, 9.17) is 25.0 Å². The Morgan fingerprint density at radius 1 is 0.429 bits per heavy atom. The van der Waals surface area contributed by atoms with Gasteiger partial charge in [-0.15, -0.1) is 0 Å².